The highest BCUT2D eigenvalue weighted by Gasteiger charge is 2.33. The van der Waals surface area contributed by atoms with E-state index in [1.807, 2.05) is 0 Å². The predicted octanol–water partition coefficient (Wildman–Crippen LogP) is 3.20. The first-order valence-electron chi connectivity index (χ1n) is 7.24. The van der Waals surface area contributed by atoms with Crippen molar-refractivity contribution < 1.29 is 14.0 Å². The molecule has 0 saturated heterocycles. The van der Waals surface area contributed by atoms with E-state index in [0.29, 0.717) is 35.8 Å². The number of carbonyl (C=O) groups is 2. The number of aromatic nitrogens is 1. The first-order chi connectivity index (χ1) is 11.1. The molecule has 23 heavy (non-hydrogen) atoms. The van der Waals surface area contributed by atoms with E-state index in [-0.39, 0.29) is 29.3 Å². The van der Waals surface area contributed by atoms with E-state index in [4.69, 9.17) is 11.6 Å². The highest BCUT2D eigenvalue weighted by molar-refractivity contribution is 6.30. The number of hydrogen-bond donors (Lipinski definition) is 0. The van der Waals surface area contributed by atoms with Crippen molar-refractivity contribution in [3.8, 4) is 0 Å². The Morgan fingerprint density at radius 3 is 3.00 bits per heavy atom. The average molecular weight is 333 g/mol. The lowest BCUT2D eigenvalue weighted by atomic mass is 10.1. The fourth-order valence-corrected chi connectivity index (χ4v) is 3.25. The lowest BCUT2D eigenvalue weighted by Crippen LogP contribution is -2.35. The van der Waals surface area contributed by atoms with Gasteiger partial charge in [-0.15, -0.1) is 0 Å². The molecule has 1 aliphatic carbocycles. The normalized spacial score (nSPS) is 16.0. The summed E-state index contributed by atoms with van der Waals surface area (Å²) < 4.78 is 14.0. The molecule has 0 N–H and O–H groups in total. The number of pyridine rings is 1. The van der Waals surface area contributed by atoms with Crippen LogP contribution in [0.1, 0.15) is 33.9 Å². The van der Waals surface area contributed by atoms with Gasteiger partial charge in [-0.3, -0.25) is 9.78 Å². The molecule has 1 aromatic carbocycles. The summed E-state index contributed by atoms with van der Waals surface area (Å²) >= 11 is 5.95. The second-order valence-corrected chi connectivity index (χ2v) is 5.81. The fraction of sp³-hybridized carbons (Fsp3) is 0.235. The van der Waals surface area contributed by atoms with Crippen LogP contribution in [0.25, 0.3) is 0 Å². The number of benzene rings is 1. The Morgan fingerprint density at radius 1 is 1.48 bits per heavy atom. The van der Waals surface area contributed by atoms with Gasteiger partial charge in [0.25, 0.3) is 5.91 Å². The van der Waals surface area contributed by atoms with Crippen LogP contribution in [0.5, 0.6) is 0 Å². The molecular weight excluding hydrogens is 319 g/mol. The molecule has 1 unspecified atom stereocenters. The Morgan fingerprint density at radius 2 is 2.30 bits per heavy atom. The quantitative estimate of drug-likeness (QED) is 0.808. The van der Waals surface area contributed by atoms with Gasteiger partial charge in [0.2, 0.25) is 0 Å². The van der Waals surface area contributed by atoms with Crippen LogP contribution in [-0.4, -0.2) is 28.6 Å². The van der Waals surface area contributed by atoms with Gasteiger partial charge < -0.3 is 9.69 Å². The molecule has 0 radical (unpaired) electrons. The Kier molecular flexibility index (Phi) is 4.39. The topological polar surface area (TPSA) is 50.3 Å². The van der Waals surface area contributed by atoms with Gasteiger partial charge in [0, 0.05) is 17.4 Å². The van der Waals surface area contributed by atoms with E-state index < -0.39 is 0 Å². The minimum absolute atomic E-state index is 0.0635. The van der Waals surface area contributed by atoms with Crippen molar-refractivity contribution in [2.45, 2.75) is 18.9 Å². The number of fused-ring (bicyclic) bond motifs is 1. The molecule has 0 fully saturated rings. The predicted molar refractivity (Wildman–Crippen MR) is 83.8 cm³/mol. The van der Waals surface area contributed by atoms with Crippen LogP contribution in [0, 0.1) is 5.82 Å². The third-order valence-electron chi connectivity index (χ3n) is 4.04. The van der Waals surface area contributed by atoms with Crippen LogP contribution in [-0.2, 0) is 11.2 Å². The summed E-state index contributed by atoms with van der Waals surface area (Å²) in [5, 5.41) is 0.285. The summed E-state index contributed by atoms with van der Waals surface area (Å²) in [5.41, 5.74) is 1.63. The Balaban J connectivity index is 1.99. The molecule has 1 heterocycles. The van der Waals surface area contributed by atoms with Gasteiger partial charge in [0.1, 0.15) is 12.1 Å². The molecule has 1 aromatic heterocycles. The number of aldehydes is 1. The van der Waals surface area contributed by atoms with Gasteiger partial charge in [-0.25, -0.2) is 4.39 Å². The van der Waals surface area contributed by atoms with E-state index in [0.717, 1.165) is 0 Å². The number of amides is 1. The van der Waals surface area contributed by atoms with Crippen LogP contribution in [0.2, 0.25) is 5.02 Å². The van der Waals surface area contributed by atoms with Crippen molar-refractivity contribution in [2.75, 3.05) is 6.54 Å². The summed E-state index contributed by atoms with van der Waals surface area (Å²) in [6, 6.07) is 5.88. The molecule has 0 aliphatic heterocycles. The van der Waals surface area contributed by atoms with Gasteiger partial charge in [-0.1, -0.05) is 11.6 Å². The smallest absolute Gasteiger partial charge is 0.256 e. The molecule has 1 aliphatic rings. The lowest BCUT2D eigenvalue weighted by Gasteiger charge is -2.28. The molecule has 0 spiro atoms. The van der Waals surface area contributed by atoms with Gasteiger partial charge in [0.15, 0.2) is 0 Å². The maximum absolute atomic E-state index is 14.0. The zero-order valence-corrected chi connectivity index (χ0v) is 13.0. The van der Waals surface area contributed by atoms with Crippen molar-refractivity contribution in [3.05, 3.63) is 64.2 Å². The first-order valence-corrected chi connectivity index (χ1v) is 7.62. The number of carbonyl (C=O) groups excluding carboxylic acids is 2. The summed E-state index contributed by atoms with van der Waals surface area (Å²) in [7, 11) is 0. The zero-order chi connectivity index (χ0) is 16.4. The van der Waals surface area contributed by atoms with Crippen LogP contribution in [0.15, 0.2) is 36.7 Å². The highest BCUT2D eigenvalue weighted by atomic mass is 35.5. The van der Waals surface area contributed by atoms with Gasteiger partial charge in [-0.05, 0) is 48.2 Å². The molecule has 6 heteroatoms. The molecule has 0 bridgehead atoms. The summed E-state index contributed by atoms with van der Waals surface area (Å²) in [5.74, 6) is -0.668. The standard InChI is InChI=1S/C17H14ClFN2O2/c18-12-8-14-13(15(19)9-12)3-4-16(14)21(6-7-22)17(23)11-2-1-5-20-10-11/h1-2,5,7-10,16H,3-4,6H2. The maximum atomic E-state index is 14.0. The minimum atomic E-state index is -0.366. The van der Waals surface area contributed by atoms with E-state index in [1.54, 1.807) is 24.4 Å². The van der Waals surface area contributed by atoms with Crippen LogP contribution < -0.4 is 0 Å². The second-order valence-electron chi connectivity index (χ2n) is 5.38. The van der Waals surface area contributed by atoms with Crippen molar-refractivity contribution in [2.24, 2.45) is 0 Å². The molecule has 1 atom stereocenters. The van der Waals surface area contributed by atoms with Gasteiger partial charge >= 0.3 is 0 Å². The van der Waals surface area contributed by atoms with Crippen molar-refractivity contribution in [1.82, 2.24) is 9.88 Å². The van der Waals surface area contributed by atoms with Crippen molar-refractivity contribution in [1.29, 1.82) is 0 Å². The van der Waals surface area contributed by atoms with E-state index >= 15 is 0 Å². The third kappa shape index (κ3) is 2.97. The van der Waals surface area contributed by atoms with Crippen LogP contribution >= 0.6 is 11.6 Å². The Bertz CT molecular complexity index is 752. The van der Waals surface area contributed by atoms with E-state index in [9.17, 15) is 14.0 Å². The van der Waals surface area contributed by atoms with E-state index in [2.05, 4.69) is 4.98 Å². The molecular formula is C17H14ClFN2O2. The molecule has 0 saturated carbocycles. The van der Waals surface area contributed by atoms with Crippen LogP contribution in [0.4, 0.5) is 4.39 Å². The minimum Gasteiger partial charge on any atom is -0.325 e. The molecule has 3 rings (SSSR count). The molecule has 118 valence electrons. The lowest BCUT2D eigenvalue weighted by molar-refractivity contribution is -0.108. The first kappa shape index (κ1) is 15.6. The SMILES string of the molecule is O=CCN(C(=O)c1cccnc1)C1CCc2c(F)cc(Cl)cc21. The monoisotopic (exact) mass is 332 g/mol. The summed E-state index contributed by atoms with van der Waals surface area (Å²) in [6.45, 7) is -0.0635. The average Bonchev–Trinajstić information content (AvgIpc) is 2.96. The number of hydrogen-bond acceptors (Lipinski definition) is 3. The maximum Gasteiger partial charge on any atom is 0.256 e. The molecule has 2 aromatic rings. The van der Waals surface area contributed by atoms with Crippen LogP contribution in [0.3, 0.4) is 0 Å². The van der Waals surface area contributed by atoms with E-state index in [1.165, 1.54) is 17.2 Å². The zero-order valence-electron chi connectivity index (χ0n) is 12.2. The Hall–Kier alpha value is -2.27. The van der Waals surface area contributed by atoms with Crippen molar-refractivity contribution in [3.63, 3.8) is 0 Å². The summed E-state index contributed by atoms with van der Waals surface area (Å²) in [6.07, 6.45) is 4.77. The largest absolute Gasteiger partial charge is 0.325 e. The number of rotatable bonds is 4. The second kappa shape index (κ2) is 6.46. The third-order valence-corrected chi connectivity index (χ3v) is 4.26. The van der Waals surface area contributed by atoms with Crippen molar-refractivity contribution >= 4 is 23.8 Å². The molecule has 4 nitrogen and oxygen atoms in total. The number of nitrogens with zero attached hydrogens (tertiary/aromatic N) is 2. The van der Waals surface area contributed by atoms with Gasteiger partial charge in [-0.2, -0.15) is 0 Å². The number of halogens is 2. The highest BCUT2D eigenvalue weighted by Crippen LogP contribution is 2.39. The molecule has 1 amide bonds. The summed E-state index contributed by atoms with van der Waals surface area (Å²) in [4.78, 5) is 29.1. The fourth-order valence-electron chi connectivity index (χ4n) is 3.03. The van der Waals surface area contributed by atoms with Gasteiger partial charge in [0.05, 0.1) is 18.2 Å². The Labute approximate surface area is 137 Å².